The summed E-state index contributed by atoms with van der Waals surface area (Å²) in [6.07, 6.45) is 5.50. The number of anilines is 1. The van der Waals surface area contributed by atoms with Crippen LogP contribution in [-0.4, -0.2) is 49.1 Å². The highest BCUT2D eigenvalue weighted by Gasteiger charge is 2.33. The van der Waals surface area contributed by atoms with Crippen LogP contribution in [0.2, 0.25) is 0 Å². The Balaban J connectivity index is 1.48. The first-order valence-electron chi connectivity index (χ1n) is 19.0. The van der Waals surface area contributed by atoms with Crippen LogP contribution in [-0.2, 0) is 0 Å². The molecule has 5 N–H and O–H groups in total. The quantitative estimate of drug-likeness (QED) is 0.0699. The van der Waals surface area contributed by atoms with Gasteiger partial charge in [0.1, 0.15) is 12.4 Å². The van der Waals surface area contributed by atoms with Gasteiger partial charge in [-0.2, -0.15) is 4.98 Å². The Morgan fingerprint density at radius 3 is 2.38 bits per heavy atom. The van der Waals surface area contributed by atoms with Gasteiger partial charge in [0.15, 0.2) is 0 Å². The molecular formula is C43H56FN6O5+. The molecule has 55 heavy (non-hydrogen) atoms. The summed E-state index contributed by atoms with van der Waals surface area (Å²) in [5.41, 5.74) is 8.49. The van der Waals surface area contributed by atoms with Crippen LogP contribution in [0.1, 0.15) is 112 Å². The first-order valence-corrected chi connectivity index (χ1v) is 19.0. The van der Waals surface area contributed by atoms with E-state index in [2.05, 4.69) is 62.3 Å². The van der Waals surface area contributed by atoms with E-state index >= 15 is 4.39 Å². The Morgan fingerprint density at radius 1 is 1.04 bits per heavy atom. The third-order valence-corrected chi connectivity index (χ3v) is 10.5. The maximum Gasteiger partial charge on any atom is 0.335 e. The van der Waals surface area contributed by atoms with Crippen LogP contribution in [0, 0.1) is 43.8 Å². The molecule has 3 unspecified atom stereocenters. The summed E-state index contributed by atoms with van der Waals surface area (Å²) in [4.78, 5) is 23.7. The molecule has 1 aliphatic rings. The Bertz CT molecular complexity index is 2020. The number of hydrogen-bond donors (Lipinski definition) is 5. The number of aryl methyl sites for hydroxylation is 3. The number of allylic oxidation sites excluding steroid dienone is 1. The van der Waals surface area contributed by atoms with E-state index in [0.29, 0.717) is 17.3 Å². The normalized spacial score (nSPS) is 18.3. The van der Waals surface area contributed by atoms with Crippen LogP contribution in [0.15, 0.2) is 60.2 Å². The standard InChI is InChI=1S/C43H55FN6O5/c1-25(2)19-30-15-12-18-35(40-34(44)22-32(29(6)45-40)20-28(5)43(7,8)9)46-37(30)24-55-38-23-36(39-26(3)13-10-14-27(39)4)47-42(48-38)49-50(53,54)33-17-11-16-31(21-33)41(51)52/h10-11,13-14,16-17,20-23,25,30,35,37,46,53-54H,12,15,18-19,24H2,1-9H3,(H-,47,48,49,51,52)/p+1/b28-20+. The van der Waals surface area contributed by atoms with E-state index in [4.69, 9.17) is 9.72 Å². The van der Waals surface area contributed by atoms with Gasteiger partial charge in [-0.15, -0.1) is 15.8 Å². The van der Waals surface area contributed by atoms with E-state index in [0.717, 1.165) is 65.3 Å². The van der Waals surface area contributed by atoms with E-state index in [9.17, 15) is 20.3 Å². The molecule has 1 saturated heterocycles. The lowest BCUT2D eigenvalue weighted by Gasteiger charge is -2.30. The van der Waals surface area contributed by atoms with Gasteiger partial charge < -0.3 is 15.2 Å². The molecule has 0 spiro atoms. The van der Waals surface area contributed by atoms with E-state index in [1.165, 1.54) is 18.2 Å². The zero-order valence-corrected chi connectivity index (χ0v) is 33.4. The van der Waals surface area contributed by atoms with Gasteiger partial charge >= 0.3 is 5.97 Å². The molecule has 0 bridgehead atoms. The number of rotatable bonds is 12. The fraction of sp³-hybridized carbons (Fsp3) is 0.442. The van der Waals surface area contributed by atoms with Gasteiger partial charge in [0.05, 0.1) is 27.9 Å². The molecule has 2 aromatic heterocycles. The van der Waals surface area contributed by atoms with Crippen molar-refractivity contribution in [2.75, 3.05) is 12.0 Å². The molecule has 2 aromatic carbocycles. The number of carboxylic acid groups (broad SMARTS) is 1. The number of pyridine rings is 1. The van der Waals surface area contributed by atoms with Crippen molar-refractivity contribution in [2.45, 2.75) is 100 Å². The van der Waals surface area contributed by atoms with Crippen molar-refractivity contribution in [2.24, 2.45) is 17.3 Å². The molecule has 3 heterocycles. The van der Waals surface area contributed by atoms with Gasteiger partial charge in [0, 0.05) is 35.5 Å². The Morgan fingerprint density at radius 2 is 1.73 bits per heavy atom. The van der Waals surface area contributed by atoms with Crippen LogP contribution in [0.25, 0.3) is 17.3 Å². The summed E-state index contributed by atoms with van der Waals surface area (Å²) in [6.45, 7) is 18.9. The van der Waals surface area contributed by atoms with Crippen LogP contribution < -0.4 is 20.4 Å². The van der Waals surface area contributed by atoms with Crippen LogP contribution in [0.3, 0.4) is 0 Å². The van der Waals surface area contributed by atoms with Crippen molar-refractivity contribution in [3.63, 3.8) is 0 Å². The van der Waals surface area contributed by atoms with Gasteiger partial charge in [0.2, 0.25) is 11.6 Å². The predicted octanol–water partition coefficient (Wildman–Crippen LogP) is 9.79. The minimum Gasteiger partial charge on any atom is -0.478 e. The predicted molar refractivity (Wildman–Crippen MR) is 213 cm³/mol. The number of benzene rings is 2. The first-order chi connectivity index (χ1) is 25.8. The van der Waals surface area contributed by atoms with Gasteiger partial charge in [-0.3, -0.25) is 4.98 Å². The van der Waals surface area contributed by atoms with E-state index < -0.39 is 10.9 Å². The van der Waals surface area contributed by atoms with Crippen molar-refractivity contribution < 1.29 is 29.4 Å². The monoisotopic (exact) mass is 755 g/mol. The second-order valence-electron chi connectivity index (χ2n) is 16.3. The van der Waals surface area contributed by atoms with Gasteiger partial charge in [-0.05, 0) is 93.0 Å². The minimum atomic E-state index is -1.92. The van der Waals surface area contributed by atoms with Gasteiger partial charge in [-0.1, -0.05) is 77.0 Å². The lowest BCUT2D eigenvalue weighted by atomic mass is 9.86. The summed E-state index contributed by atoms with van der Waals surface area (Å²) in [5.74, 6) is -0.889. The molecule has 294 valence electrons. The number of quaternary nitrogens is 1. The number of carboxylic acids is 1. The maximum absolute atomic E-state index is 16.0. The minimum absolute atomic E-state index is 0.0462. The van der Waals surface area contributed by atoms with Crippen LogP contribution in [0.5, 0.6) is 5.88 Å². The Kier molecular flexibility index (Phi) is 12.8. The molecule has 4 aromatic rings. The average molecular weight is 756 g/mol. The van der Waals surface area contributed by atoms with Crippen molar-refractivity contribution in [1.29, 1.82) is 0 Å². The topological polar surface area (TPSA) is 150 Å². The highest BCUT2D eigenvalue weighted by molar-refractivity contribution is 5.88. The second-order valence-corrected chi connectivity index (χ2v) is 16.3. The number of ether oxygens (including phenoxy) is 1. The fourth-order valence-electron chi connectivity index (χ4n) is 7.11. The second kappa shape index (κ2) is 16.9. The Labute approximate surface area is 323 Å². The van der Waals surface area contributed by atoms with Gasteiger partial charge in [0.25, 0.3) is 5.95 Å². The smallest absolute Gasteiger partial charge is 0.335 e. The molecule has 11 nitrogen and oxygen atoms in total. The number of hydrogen-bond acceptors (Lipinski definition) is 9. The number of nitrogens with one attached hydrogen (secondary N) is 2. The molecule has 5 rings (SSSR count). The van der Waals surface area contributed by atoms with E-state index in [-0.39, 0.29) is 58.9 Å². The summed E-state index contributed by atoms with van der Waals surface area (Å²) in [5, 5.41) is 35.4. The molecule has 0 radical (unpaired) electrons. The molecule has 12 heteroatoms. The van der Waals surface area contributed by atoms with E-state index in [1.54, 1.807) is 12.1 Å². The number of carbonyl (C=O) groups is 1. The molecular weight excluding hydrogens is 700 g/mol. The van der Waals surface area contributed by atoms with Crippen molar-refractivity contribution in [3.8, 4) is 17.1 Å². The molecule has 0 aliphatic carbocycles. The van der Waals surface area contributed by atoms with Crippen LogP contribution in [0.4, 0.5) is 16.0 Å². The lowest BCUT2D eigenvalue weighted by molar-refractivity contribution is -0.273. The summed E-state index contributed by atoms with van der Waals surface area (Å²) >= 11 is 0. The van der Waals surface area contributed by atoms with Crippen molar-refractivity contribution in [1.82, 2.24) is 25.2 Å². The zero-order valence-electron chi connectivity index (χ0n) is 33.4. The summed E-state index contributed by atoms with van der Waals surface area (Å²) in [6, 6.07) is 13.9. The zero-order chi connectivity index (χ0) is 40.2. The third kappa shape index (κ3) is 10.3. The van der Waals surface area contributed by atoms with E-state index in [1.807, 2.05) is 45.0 Å². The number of halogens is 1. The van der Waals surface area contributed by atoms with Crippen molar-refractivity contribution in [3.05, 3.63) is 99.6 Å². The lowest BCUT2D eigenvalue weighted by Crippen LogP contribution is -2.48. The third-order valence-electron chi connectivity index (χ3n) is 10.5. The number of aromatic carboxylic acids is 1. The highest BCUT2D eigenvalue weighted by Crippen LogP contribution is 2.35. The molecule has 0 amide bonds. The summed E-state index contributed by atoms with van der Waals surface area (Å²) in [7, 11) is 0. The SMILES string of the molecule is C/C(=C\c1cc(F)c(C2CCCC(CC(C)C)C(COc3cc(-c4c(C)cccc4C)nc(N[N+](O)(O)c4cccc(C(=O)O)c4)n3)N2)nc1C)C(C)(C)C. The number of nitrogens with zero attached hydrogens (tertiary/aromatic N) is 4. The summed E-state index contributed by atoms with van der Waals surface area (Å²) < 4.78 is 22.4. The Hall–Kier alpha value is -4.75. The maximum atomic E-state index is 16.0. The van der Waals surface area contributed by atoms with Crippen LogP contribution >= 0.6 is 0 Å². The largest absolute Gasteiger partial charge is 0.478 e. The molecule has 0 saturated carbocycles. The molecule has 1 aliphatic heterocycles. The average Bonchev–Trinajstić information content (AvgIpc) is 3.29. The number of aromatic nitrogens is 3. The van der Waals surface area contributed by atoms with Crippen molar-refractivity contribution >= 4 is 23.7 Å². The first kappa shape index (κ1) is 41.4. The molecule has 1 fully saturated rings. The fourth-order valence-corrected chi connectivity index (χ4v) is 7.11. The van der Waals surface area contributed by atoms with Gasteiger partial charge in [-0.25, -0.2) is 14.2 Å². The highest BCUT2D eigenvalue weighted by atomic mass is 19.1. The molecule has 3 atom stereocenters.